The molecule has 2 rings (SSSR count). The predicted octanol–water partition coefficient (Wildman–Crippen LogP) is 1.45. The van der Waals surface area contributed by atoms with E-state index in [2.05, 4.69) is 0 Å². The number of carbonyl (C=O) groups is 2. The van der Waals surface area contributed by atoms with Gasteiger partial charge in [0.1, 0.15) is 11.1 Å². The molecule has 1 spiro atoms. The molecule has 0 aromatic heterocycles. The van der Waals surface area contributed by atoms with Crippen LogP contribution in [0.1, 0.15) is 46.5 Å². The molecule has 1 saturated heterocycles. The Hall–Kier alpha value is -1.10. The smallest absolute Gasteiger partial charge is 0.411 e. The number of nitrogens with two attached hydrogens (primary N) is 1. The largest absolute Gasteiger partial charge is 0.444 e. The molecule has 0 aromatic carbocycles. The molecule has 102 valence electrons. The number of hydrogen-bond donors (Lipinski definition) is 1. The minimum atomic E-state index is -0.605. The molecule has 1 aliphatic heterocycles. The second-order valence-corrected chi connectivity index (χ2v) is 6.23. The van der Waals surface area contributed by atoms with Crippen LogP contribution in [0.2, 0.25) is 0 Å². The lowest BCUT2D eigenvalue weighted by atomic mass is 9.73. The highest BCUT2D eigenvalue weighted by atomic mass is 16.6. The van der Waals surface area contributed by atoms with Crippen molar-refractivity contribution in [1.82, 2.24) is 4.90 Å². The van der Waals surface area contributed by atoms with Crippen LogP contribution in [-0.4, -0.2) is 40.5 Å². The lowest BCUT2D eigenvalue weighted by Gasteiger charge is -2.45. The van der Waals surface area contributed by atoms with E-state index >= 15 is 0 Å². The average Bonchev–Trinajstić information content (AvgIpc) is 2.66. The molecule has 5 nitrogen and oxygen atoms in total. The summed E-state index contributed by atoms with van der Waals surface area (Å²) in [7, 11) is 0. The van der Waals surface area contributed by atoms with Gasteiger partial charge in [-0.3, -0.25) is 9.69 Å². The highest BCUT2D eigenvalue weighted by Crippen LogP contribution is 2.45. The van der Waals surface area contributed by atoms with Gasteiger partial charge in [0, 0.05) is 19.0 Å². The summed E-state index contributed by atoms with van der Waals surface area (Å²) in [6, 6.07) is -0.0656. The summed E-state index contributed by atoms with van der Waals surface area (Å²) in [4.78, 5) is 25.8. The molecular weight excluding hydrogens is 232 g/mol. The van der Waals surface area contributed by atoms with Crippen molar-refractivity contribution in [3.63, 3.8) is 0 Å². The van der Waals surface area contributed by atoms with Gasteiger partial charge in [-0.05, 0) is 40.0 Å². The number of hydrogen-bond acceptors (Lipinski definition) is 4. The topological polar surface area (TPSA) is 72.6 Å². The zero-order chi connectivity index (χ0) is 13.6. The van der Waals surface area contributed by atoms with Crippen molar-refractivity contribution in [2.45, 2.75) is 63.6 Å². The zero-order valence-corrected chi connectivity index (χ0v) is 11.4. The maximum Gasteiger partial charge on any atom is 0.411 e. The van der Waals surface area contributed by atoms with Crippen LogP contribution in [0.15, 0.2) is 0 Å². The van der Waals surface area contributed by atoms with Crippen molar-refractivity contribution in [2.75, 3.05) is 6.54 Å². The number of ketones is 1. The van der Waals surface area contributed by atoms with E-state index in [-0.39, 0.29) is 11.8 Å². The van der Waals surface area contributed by atoms with Gasteiger partial charge in [0.05, 0.1) is 0 Å². The van der Waals surface area contributed by atoms with E-state index < -0.39 is 17.2 Å². The second kappa shape index (κ2) is 4.23. The third-order valence-electron chi connectivity index (χ3n) is 3.86. The number of amides is 1. The van der Waals surface area contributed by atoms with E-state index in [1.54, 1.807) is 4.90 Å². The first-order chi connectivity index (χ1) is 8.30. The zero-order valence-electron chi connectivity index (χ0n) is 11.4. The SMILES string of the molecule is CC(C)(C)OC(=O)N1C(CN)CCC12CCC2=O. The summed E-state index contributed by atoms with van der Waals surface area (Å²) in [6.45, 7) is 5.86. The monoisotopic (exact) mass is 254 g/mol. The van der Waals surface area contributed by atoms with E-state index in [4.69, 9.17) is 10.5 Å². The molecule has 0 bridgehead atoms. The van der Waals surface area contributed by atoms with Crippen LogP contribution >= 0.6 is 0 Å². The van der Waals surface area contributed by atoms with Gasteiger partial charge in [-0.1, -0.05) is 0 Å². The fourth-order valence-corrected chi connectivity index (χ4v) is 2.90. The number of carbonyl (C=O) groups excluding carboxylic acids is 2. The van der Waals surface area contributed by atoms with E-state index in [0.717, 1.165) is 19.3 Å². The van der Waals surface area contributed by atoms with Gasteiger partial charge >= 0.3 is 6.09 Å². The van der Waals surface area contributed by atoms with Gasteiger partial charge in [0.15, 0.2) is 5.78 Å². The highest BCUT2D eigenvalue weighted by molar-refractivity contribution is 5.97. The Morgan fingerprint density at radius 2 is 2.17 bits per heavy atom. The van der Waals surface area contributed by atoms with Crippen LogP contribution < -0.4 is 5.73 Å². The van der Waals surface area contributed by atoms with Crippen LogP contribution in [0.5, 0.6) is 0 Å². The van der Waals surface area contributed by atoms with Crippen LogP contribution in [0, 0.1) is 0 Å². The van der Waals surface area contributed by atoms with E-state index in [1.807, 2.05) is 20.8 Å². The molecule has 2 unspecified atom stereocenters. The molecule has 2 N–H and O–H groups in total. The van der Waals surface area contributed by atoms with Crippen molar-refractivity contribution < 1.29 is 14.3 Å². The minimum Gasteiger partial charge on any atom is -0.444 e. The van der Waals surface area contributed by atoms with E-state index in [9.17, 15) is 9.59 Å². The summed E-state index contributed by atoms with van der Waals surface area (Å²) in [6.07, 6.45) is 2.44. The van der Waals surface area contributed by atoms with Crippen LogP contribution in [-0.2, 0) is 9.53 Å². The van der Waals surface area contributed by atoms with Crippen molar-refractivity contribution in [1.29, 1.82) is 0 Å². The standard InChI is InChI=1S/C13H22N2O3/c1-12(2,3)18-11(17)15-9(8-14)4-6-13(15)7-5-10(13)16/h9H,4-8,14H2,1-3H3. The highest BCUT2D eigenvalue weighted by Gasteiger charge is 2.58. The van der Waals surface area contributed by atoms with Crippen molar-refractivity contribution in [2.24, 2.45) is 5.73 Å². The van der Waals surface area contributed by atoms with Crippen molar-refractivity contribution >= 4 is 11.9 Å². The van der Waals surface area contributed by atoms with E-state index in [1.165, 1.54) is 0 Å². The maximum absolute atomic E-state index is 12.3. The van der Waals surface area contributed by atoms with Crippen LogP contribution in [0.3, 0.4) is 0 Å². The number of ether oxygens (including phenoxy) is 1. The lowest BCUT2D eigenvalue weighted by molar-refractivity contribution is -0.139. The molecule has 2 fully saturated rings. The number of nitrogens with zero attached hydrogens (tertiary/aromatic N) is 1. The van der Waals surface area contributed by atoms with E-state index in [0.29, 0.717) is 13.0 Å². The normalized spacial score (nSPS) is 31.7. The molecule has 5 heteroatoms. The molecule has 1 amide bonds. The molecule has 2 aliphatic rings. The summed E-state index contributed by atoms with van der Waals surface area (Å²) < 4.78 is 5.41. The van der Waals surface area contributed by atoms with Crippen molar-refractivity contribution in [3.8, 4) is 0 Å². The predicted molar refractivity (Wildman–Crippen MR) is 67.1 cm³/mol. The molecule has 1 heterocycles. The van der Waals surface area contributed by atoms with Crippen LogP contribution in [0.25, 0.3) is 0 Å². The Bertz CT molecular complexity index is 375. The Labute approximate surface area is 108 Å². The third-order valence-corrected chi connectivity index (χ3v) is 3.86. The average molecular weight is 254 g/mol. The molecule has 2 atom stereocenters. The quantitative estimate of drug-likeness (QED) is 0.768. The van der Waals surface area contributed by atoms with Crippen LogP contribution in [0.4, 0.5) is 4.79 Å². The Balaban J connectivity index is 2.20. The third kappa shape index (κ3) is 2.00. The Morgan fingerprint density at radius 1 is 1.50 bits per heavy atom. The molecule has 18 heavy (non-hydrogen) atoms. The number of rotatable bonds is 1. The minimum absolute atomic E-state index is 0.0656. The Kier molecular flexibility index (Phi) is 3.13. The second-order valence-electron chi connectivity index (χ2n) is 6.23. The first kappa shape index (κ1) is 13.3. The fourth-order valence-electron chi connectivity index (χ4n) is 2.90. The summed E-state index contributed by atoms with van der Waals surface area (Å²) in [5, 5.41) is 0. The summed E-state index contributed by atoms with van der Waals surface area (Å²) in [5.41, 5.74) is 4.56. The first-order valence-corrected chi connectivity index (χ1v) is 6.56. The Morgan fingerprint density at radius 3 is 2.56 bits per heavy atom. The van der Waals surface area contributed by atoms with Gasteiger partial charge in [-0.2, -0.15) is 0 Å². The summed E-state index contributed by atoms with van der Waals surface area (Å²) >= 11 is 0. The number of Topliss-reactive ketones (excluding diaryl/α,β-unsaturated/α-hetero) is 1. The first-order valence-electron chi connectivity index (χ1n) is 6.56. The number of likely N-dealkylation sites (tertiary alicyclic amines) is 1. The van der Waals surface area contributed by atoms with Crippen molar-refractivity contribution in [3.05, 3.63) is 0 Å². The fraction of sp³-hybridized carbons (Fsp3) is 0.846. The maximum atomic E-state index is 12.3. The molecular formula is C13H22N2O3. The molecule has 1 saturated carbocycles. The summed E-state index contributed by atoms with van der Waals surface area (Å²) in [5.74, 6) is 0.157. The molecule has 0 aromatic rings. The molecule has 1 aliphatic carbocycles. The van der Waals surface area contributed by atoms with Gasteiger partial charge in [-0.15, -0.1) is 0 Å². The van der Waals surface area contributed by atoms with Gasteiger partial charge in [0.2, 0.25) is 0 Å². The molecule has 0 radical (unpaired) electrons. The lowest BCUT2D eigenvalue weighted by Crippen LogP contribution is -2.62. The van der Waals surface area contributed by atoms with Gasteiger partial charge in [0.25, 0.3) is 0 Å². The van der Waals surface area contributed by atoms with Gasteiger partial charge < -0.3 is 10.5 Å². The van der Waals surface area contributed by atoms with Gasteiger partial charge in [-0.25, -0.2) is 4.79 Å².